The number of carbonyl (C=O) groups excluding carboxylic acids is 1. The van der Waals surface area contributed by atoms with Crippen LogP contribution in [0.1, 0.15) is 33.4 Å². The van der Waals surface area contributed by atoms with E-state index in [1.807, 2.05) is 42.2 Å². The number of carbonyl (C=O) groups is 1. The van der Waals surface area contributed by atoms with Crippen molar-refractivity contribution >= 4 is 34.2 Å². The molecular weight excluding hydrogens is 490 g/mol. The number of nitriles is 1. The summed E-state index contributed by atoms with van der Waals surface area (Å²) in [5.74, 6) is -1.69. The lowest BCUT2D eigenvalue weighted by molar-refractivity contribution is 0.0971. The molecule has 0 saturated carbocycles. The van der Waals surface area contributed by atoms with Gasteiger partial charge in [0.25, 0.3) is 5.56 Å². The second kappa shape index (κ2) is 10.5. The highest BCUT2D eigenvalue weighted by atomic mass is 35.5. The molecule has 2 aromatic heterocycles. The number of aryl methyl sites for hydroxylation is 1. The average Bonchev–Trinajstić information content (AvgIpc) is 2.91. The first-order valence-electron chi connectivity index (χ1n) is 11.9. The summed E-state index contributed by atoms with van der Waals surface area (Å²) >= 11 is 6.30. The molecule has 0 spiro atoms. The Labute approximate surface area is 218 Å². The topological polar surface area (TPSA) is 119 Å². The Morgan fingerprint density at radius 2 is 1.89 bits per heavy atom. The molecule has 1 saturated heterocycles. The number of rotatable bonds is 6. The summed E-state index contributed by atoms with van der Waals surface area (Å²) in [7, 11) is 0. The number of hydrogen-bond donors (Lipinski definition) is 1. The first kappa shape index (κ1) is 24.6. The minimum absolute atomic E-state index is 0.0375. The molecule has 1 fully saturated rings. The number of aromatic amines is 1. The second-order valence-corrected chi connectivity index (χ2v) is 9.42. The van der Waals surface area contributed by atoms with E-state index in [9.17, 15) is 14.9 Å². The van der Waals surface area contributed by atoms with Crippen LogP contribution in [0, 0.1) is 18.3 Å². The Hall–Kier alpha value is -4.13. The first-order chi connectivity index (χ1) is 17.9. The number of Topliss-reactive ketones (excluding diaryl/α,β-unsaturated/α-hetero) is 1. The van der Waals surface area contributed by atoms with Crippen LogP contribution in [0.5, 0.6) is 0 Å². The summed E-state index contributed by atoms with van der Waals surface area (Å²) in [6.45, 7) is 5.72. The molecule has 1 aliphatic heterocycles. The Bertz CT molecular complexity index is 1560. The van der Waals surface area contributed by atoms with Crippen molar-refractivity contribution in [2.24, 2.45) is 0 Å². The van der Waals surface area contributed by atoms with Gasteiger partial charge in [-0.25, -0.2) is 15.0 Å². The number of nitrogens with zero attached hydrogens (tertiary/aromatic N) is 6. The van der Waals surface area contributed by atoms with Gasteiger partial charge < -0.3 is 9.88 Å². The normalized spacial score (nSPS) is 14.9. The number of benzene rings is 2. The molecule has 186 valence electrons. The second-order valence-electron chi connectivity index (χ2n) is 9.01. The number of nitrogens with one attached hydrogen (secondary N) is 1. The van der Waals surface area contributed by atoms with E-state index in [4.69, 9.17) is 11.6 Å². The Balaban J connectivity index is 1.36. The summed E-state index contributed by atoms with van der Waals surface area (Å²) in [5, 5.41) is 10.3. The lowest BCUT2D eigenvalue weighted by Gasteiger charge is -2.34. The van der Waals surface area contributed by atoms with Crippen LogP contribution in [0.4, 0.5) is 5.95 Å². The van der Waals surface area contributed by atoms with Crippen LogP contribution in [0.3, 0.4) is 0 Å². The fourth-order valence-electron chi connectivity index (χ4n) is 4.42. The minimum atomic E-state index is -1.37. The standard InChI is InChI=1S/C27H24ClN7O2/c1-17-7-8-22-19(13-17)26(37)33-25(31-22)20(14-29)24(36)23-21(28)15-30-27(32-23)35-11-9-34(10-12-35)16-18-5-3-2-4-6-18/h2-8,13,15,20H,9-12,16H2,1H3,(H,31,33,37)/t20-/m0/s1. The molecule has 0 amide bonds. The van der Waals surface area contributed by atoms with Crippen LogP contribution in [-0.4, -0.2) is 56.8 Å². The van der Waals surface area contributed by atoms with Crippen molar-refractivity contribution in [3.05, 3.63) is 92.7 Å². The van der Waals surface area contributed by atoms with Gasteiger partial charge >= 0.3 is 0 Å². The maximum absolute atomic E-state index is 13.4. The number of H-pyrrole nitrogens is 1. The van der Waals surface area contributed by atoms with Crippen molar-refractivity contribution in [2.75, 3.05) is 31.1 Å². The summed E-state index contributed by atoms with van der Waals surface area (Å²) in [5.41, 5.74) is 2.07. The van der Waals surface area contributed by atoms with Crippen molar-refractivity contribution in [3.63, 3.8) is 0 Å². The van der Waals surface area contributed by atoms with Crippen molar-refractivity contribution in [1.82, 2.24) is 24.8 Å². The summed E-state index contributed by atoms with van der Waals surface area (Å²) in [6, 6.07) is 17.5. The van der Waals surface area contributed by atoms with E-state index in [1.165, 1.54) is 11.8 Å². The van der Waals surface area contributed by atoms with E-state index < -0.39 is 17.3 Å². The van der Waals surface area contributed by atoms with Crippen LogP contribution < -0.4 is 10.5 Å². The molecule has 1 aliphatic rings. The molecule has 2 aromatic carbocycles. The highest BCUT2D eigenvalue weighted by Crippen LogP contribution is 2.24. The number of halogens is 1. The summed E-state index contributed by atoms with van der Waals surface area (Å²) < 4.78 is 0. The molecule has 0 bridgehead atoms. The summed E-state index contributed by atoms with van der Waals surface area (Å²) in [6.07, 6.45) is 1.38. The molecule has 1 atom stereocenters. The molecule has 0 aliphatic carbocycles. The van der Waals surface area contributed by atoms with Crippen molar-refractivity contribution < 1.29 is 4.79 Å². The highest BCUT2D eigenvalue weighted by molar-refractivity contribution is 6.33. The SMILES string of the molecule is Cc1ccc2nc([C@@H](C#N)C(=O)c3nc(N4CCN(Cc5ccccc5)CC4)ncc3Cl)[nH]c(=O)c2c1. The predicted molar refractivity (Wildman–Crippen MR) is 141 cm³/mol. The van der Waals surface area contributed by atoms with Gasteiger partial charge in [-0.05, 0) is 24.6 Å². The third-order valence-electron chi connectivity index (χ3n) is 6.41. The zero-order valence-electron chi connectivity index (χ0n) is 20.2. The zero-order valence-corrected chi connectivity index (χ0v) is 20.9. The van der Waals surface area contributed by atoms with Crippen molar-refractivity contribution in [3.8, 4) is 6.07 Å². The van der Waals surface area contributed by atoms with Crippen LogP contribution in [0.2, 0.25) is 5.02 Å². The third kappa shape index (κ3) is 5.21. The fraction of sp³-hybridized carbons (Fsp3) is 0.259. The van der Waals surface area contributed by atoms with Crippen LogP contribution in [0.15, 0.2) is 59.5 Å². The molecule has 5 rings (SSSR count). The lowest BCUT2D eigenvalue weighted by Crippen LogP contribution is -2.46. The van der Waals surface area contributed by atoms with Crippen LogP contribution in [-0.2, 0) is 6.54 Å². The predicted octanol–water partition coefficient (Wildman–Crippen LogP) is 3.49. The number of anilines is 1. The average molecular weight is 514 g/mol. The number of hydrogen-bond acceptors (Lipinski definition) is 8. The van der Waals surface area contributed by atoms with Gasteiger partial charge in [0.15, 0.2) is 5.92 Å². The molecule has 10 heteroatoms. The number of fused-ring (bicyclic) bond motifs is 1. The zero-order chi connectivity index (χ0) is 25.9. The molecule has 0 unspecified atom stereocenters. The van der Waals surface area contributed by atoms with Gasteiger partial charge in [-0.1, -0.05) is 53.6 Å². The Morgan fingerprint density at radius 1 is 1.14 bits per heavy atom. The van der Waals surface area contributed by atoms with Gasteiger partial charge in [-0.3, -0.25) is 14.5 Å². The molecule has 0 radical (unpaired) electrons. The molecule has 9 nitrogen and oxygen atoms in total. The van der Waals surface area contributed by atoms with Gasteiger partial charge in [0, 0.05) is 32.7 Å². The van der Waals surface area contributed by atoms with Gasteiger partial charge in [-0.15, -0.1) is 0 Å². The Morgan fingerprint density at radius 3 is 2.62 bits per heavy atom. The van der Waals surface area contributed by atoms with E-state index in [0.29, 0.717) is 29.9 Å². The third-order valence-corrected chi connectivity index (χ3v) is 6.69. The fourth-order valence-corrected chi connectivity index (χ4v) is 4.60. The molecule has 3 heterocycles. The van der Waals surface area contributed by atoms with Gasteiger partial charge in [-0.2, -0.15) is 5.26 Å². The molecule has 1 N–H and O–H groups in total. The van der Waals surface area contributed by atoms with Crippen LogP contribution in [0.25, 0.3) is 10.9 Å². The van der Waals surface area contributed by atoms with Gasteiger partial charge in [0.1, 0.15) is 11.5 Å². The van der Waals surface area contributed by atoms with E-state index in [-0.39, 0.29) is 16.5 Å². The number of piperazine rings is 1. The quantitative estimate of drug-likeness (QED) is 0.389. The number of ketones is 1. The minimum Gasteiger partial charge on any atom is -0.338 e. The molecule has 37 heavy (non-hydrogen) atoms. The van der Waals surface area contributed by atoms with E-state index >= 15 is 0 Å². The first-order valence-corrected chi connectivity index (χ1v) is 12.3. The maximum atomic E-state index is 13.4. The van der Waals surface area contributed by atoms with Gasteiger partial charge in [0.2, 0.25) is 11.7 Å². The summed E-state index contributed by atoms with van der Waals surface area (Å²) in [4.78, 5) is 46.1. The van der Waals surface area contributed by atoms with Crippen LogP contribution >= 0.6 is 11.6 Å². The number of aromatic nitrogens is 4. The monoisotopic (exact) mass is 513 g/mol. The maximum Gasteiger partial charge on any atom is 0.258 e. The molecular formula is C27H24ClN7O2. The smallest absolute Gasteiger partial charge is 0.258 e. The van der Waals surface area contributed by atoms with Crippen molar-refractivity contribution in [2.45, 2.75) is 19.4 Å². The largest absolute Gasteiger partial charge is 0.338 e. The van der Waals surface area contributed by atoms with E-state index in [2.05, 4.69) is 37.0 Å². The van der Waals surface area contributed by atoms with E-state index in [1.54, 1.807) is 12.1 Å². The van der Waals surface area contributed by atoms with E-state index in [0.717, 1.165) is 25.2 Å². The Kier molecular flexibility index (Phi) is 6.95. The van der Waals surface area contributed by atoms with Gasteiger partial charge in [0.05, 0.1) is 28.2 Å². The lowest BCUT2D eigenvalue weighted by atomic mass is 10.0. The highest BCUT2D eigenvalue weighted by Gasteiger charge is 2.29. The molecule has 4 aromatic rings. The van der Waals surface area contributed by atoms with Crippen molar-refractivity contribution in [1.29, 1.82) is 5.26 Å².